The van der Waals surface area contributed by atoms with E-state index in [1.165, 1.54) is 16.9 Å². The molecule has 29 heavy (non-hydrogen) atoms. The summed E-state index contributed by atoms with van der Waals surface area (Å²) in [6.45, 7) is 9.01. The Morgan fingerprint density at radius 1 is 1.28 bits per heavy atom. The van der Waals surface area contributed by atoms with E-state index in [-0.39, 0.29) is 12.5 Å². The van der Waals surface area contributed by atoms with E-state index in [9.17, 15) is 9.59 Å². The molecular formula is C23H29NO4S. The SMILES string of the molecule is CCOC(=O)c1c(NC(=O)[C@@H]2CCCO2)sc(C)c1-c1ccc(CC(C)C)cc1. The maximum Gasteiger partial charge on any atom is 0.341 e. The highest BCUT2D eigenvalue weighted by molar-refractivity contribution is 7.17. The number of hydrogen-bond donors (Lipinski definition) is 1. The smallest absolute Gasteiger partial charge is 0.341 e. The Morgan fingerprint density at radius 2 is 2.00 bits per heavy atom. The Labute approximate surface area is 176 Å². The summed E-state index contributed by atoms with van der Waals surface area (Å²) in [7, 11) is 0. The van der Waals surface area contributed by atoms with Crippen LogP contribution in [-0.4, -0.2) is 31.2 Å². The van der Waals surface area contributed by atoms with Crippen LogP contribution in [0.3, 0.4) is 0 Å². The van der Waals surface area contributed by atoms with Crippen molar-refractivity contribution in [2.24, 2.45) is 5.92 Å². The predicted octanol–water partition coefficient (Wildman–Crippen LogP) is 5.22. The zero-order valence-corrected chi connectivity index (χ0v) is 18.4. The lowest BCUT2D eigenvalue weighted by atomic mass is 9.97. The molecule has 1 saturated heterocycles. The Kier molecular flexibility index (Phi) is 7.09. The molecule has 0 aliphatic carbocycles. The van der Waals surface area contributed by atoms with Crippen LogP contribution < -0.4 is 5.32 Å². The van der Waals surface area contributed by atoms with Crippen molar-refractivity contribution in [3.63, 3.8) is 0 Å². The molecule has 1 aliphatic rings. The largest absolute Gasteiger partial charge is 0.462 e. The van der Waals surface area contributed by atoms with Crippen molar-refractivity contribution in [3.05, 3.63) is 40.3 Å². The quantitative estimate of drug-likeness (QED) is 0.630. The van der Waals surface area contributed by atoms with Crippen molar-refractivity contribution < 1.29 is 19.1 Å². The highest BCUT2D eigenvalue weighted by Crippen LogP contribution is 2.40. The zero-order chi connectivity index (χ0) is 21.0. The van der Waals surface area contributed by atoms with Gasteiger partial charge in [-0.3, -0.25) is 4.79 Å². The van der Waals surface area contributed by atoms with Gasteiger partial charge in [0.1, 0.15) is 16.7 Å². The summed E-state index contributed by atoms with van der Waals surface area (Å²) in [5.74, 6) is -0.0349. The van der Waals surface area contributed by atoms with Crippen molar-refractivity contribution in [3.8, 4) is 11.1 Å². The Hall–Kier alpha value is -2.18. The van der Waals surface area contributed by atoms with Crippen LogP contribution in [0.4, 0.5) is 5.00 Å². The van der Waals surface area contributed by atoms with Crippen molar-refractivity contribution in [1.29, 1.82) is 0 Å². The number of esters is 1. The van der Waals surface area contributed by atoms with E-state index >= 15 is 0 Å². The number of aryl methyl sites for hydroxylation is 1. The number of nitrogens with one attached hydrogen (secondary N) is 1. The summed E-state index contributed by atoms with van der Waals surface area (Å²) in [4.78, 5) is 26.3. The van der Waals surface area contributed by atoms with Crippen LogP contribution in [0.15, 0.2) is 24.3 Å². The van der Waals surface area contributed by atoms with Gasteiger partial charge in [-0.15, -0.1) is 11.3 Å². The average molecular weight is 416 g/mol. The van der Waals surface area contributed by atoms with Gasteiger partial charge in [-0.05, 0) is 50.2 Å². The Balaban J connectivity index is 1.96. The number of thiophene rings is 1. The molecule has 0 spiro atoms. The van der Waals surface area contributed by atoms with Crippen molar-refractivity contribution >= 4 is 28.2 Å². The number of carbonyl (C=O) groups is 2. The fourth-order valence-corrected chi connectivity index (χ4v) is 4.70. The number of carbonyl (C=O) groups excluding carboxylic acids is 2. The van der Waals surface area contributed by atoms with E-state index in [1.54, 1.807) is 6.92 Å². The predicted molar refractivity (Wildman–Crippen MR) is 117 cm³/mol. The highest BCUT2D eigenvalue weighted by atomic mass is 32.1. The topological polar surface area (TPSA) is 64.6 Å². The fraction of sp³-hybridized carbons (Fsp3) is 0.478. The monoisotopic (exact) mass is 415 g/mol. The number of amides is 1. The summed E-state index contributed by atoms with van der Waals surface area (Å²) in [6, 6.07) is 8.29. The normalized spacial score (nSPS) is 16.2. The van der Waals surface area contributed by atoms with Crippen molar-refractivity contribution in [2.75, 3.05) is 18.5 Å². The Bertz CT molecular complexity index is 864. The van der Waals surface area contributed by atoms with Gasteiger partial charge < -0.3 is 14.8 Å². The number of ether oxygens (including phenoxy) is 2. The van der Waals surface area contributed by atoms with Crippen molar-refractivity contribution in [1.82, 2.24) is 0 Å². The third kappa shape index (κ3) is 5.06. The molecule has 1 N–H and O–H groups in total. The molecule has 1 aromatic carbocycles. The second kappa shape index (κ2) is 9.55. The molecule has 2 heterocycles. The van der Waals surface area contributed by atoms with Gasteiger partial charge in [0.05, 0.1) is 6.61 Å². The lowest BCUT2D eigenvalue weighted by Gasteiger charge is -2.12. The van der Waals surface area contributed by atoms with E-state index in [0.29, 0.717) is 29.5 Å². The average Bonchev–Trinajstić information content (AvgIpc) is 3.30. The number of anilines is 1. The van der Waals surface area contributed by atoms with Gasteiger partial charge >= 0.3 is 5.97 Å². The molecule has 2 aromatic rings. The molecule has 0 bridgehead atoms. The molecule has 0 radical (unpaired) electrons. The minimum Gasteiger partial charge on any atom is -0.462 e. The van der Waals surface area contributed by atoms with Crippen LogP contribution in [0, 0.1) is 12.8 Å². The summed E-state index contributed by atoms with van der Waals surface area (Å²) in [5.41, 5.74) is 3.47. The molecule has 0 unspecified atom stereocenters. The molecular weight excluding hydrogens is 386 g/mol. The molecule has 6 heteroatoms. The molecule has 5 nitrogen and oxygen atoms in total. The lowest BCUT2D eigenvalue weighted by molar-refractivity contribution is -0.124. The van der Waals surface area contributed by atoms with Crippen LogP contribution in [0.25, 0.3) is 11.1 Å². The second-order valence-corrected chi connectivity index (χ2v) is 8.97. The van der Waals surface area contributed by atoms with Gasteiger partial charge in [-0.25, -0.2) is 4.79 Å². The van der Waals surface area contributed by atoms with Crippen LogP contribution in [0.1, 0.15) is 54.4 Å². The first-order valence-electron chi connectivity index (χ1n) is 10.2. The Morgan fingerprint density at radius 3 is 2.59 bits per heavy atom. The van der Waals surface area contributed by atoms with E-state index in [4.69, 9.17) is 9.47 Å². The number of benzene rings is 1. The maximum absolute atomic E-state index is 12.8. The van der Waals surface area contributed by atoms with Gasteiger partial charge in [0.2, 0.25) is 0 Å². The summed E-state index contributed by atoms with van der Waals surface area (Å²) in [6.07, 6.45) is 2.14. The first kappa shape index (κ1) is 21.5. The van der Waals surface area contributed by atoms with E-state index in [2.05, 4.69) is 31.3 Å². The lowest BCUT2D eigenvalue weighted by Crippen LogP contribution is -2.27. The third-order valence-corrected chi connectivity index (χ3v) is 5.93. The van der Waals surface area contributed by atoms with Crippen molar-refractivity contribution in [2.45, 2.75) is 53.1 Å². The van der Waals surface area contributed by atoms with E-state index in [0.717, 1.165) is 28.8 Å². The minimum atomic E-state index is -0.453. The fourth-order valence-electron chi connectivity index (χ4n) is 3.63. The molecule has 156 valence electrons. The number of hydrogen-bond acceptors (Lipinski definition) is 5. The third-order valence-electron chi connectivity index (χ3n) is 4.91. The van der Waals surface area contributed by atoms with Gasteiger partial charge in [-0.1, -0.05) is 38.1 Å². The van der Waals surface area contributed by atoms with Gasteiger partial charge in [0, 0.05) is 17.0 Å². The highest BCUT2D eigenvalue weighted by Gasteiger charge is 2.29. The first-order valence-corrected chi connectivity index (χ1v) is 11.0. The molecule has 1 aliphatic heterocycles. The van der Waals surface area contributed by atoms with Crippen LogP contribution in [-0.2, 0) is 20.7 Å². The standard InChI is InChI=1S/C23H29NO4S/c1-5-27-23(26)20-19(17-10-8-16(9-11-17)13-14(2)3)15(4)29-22(20)24-21(25)18-7-6-12-28-18/h8-11,14,18H,5-7,12-13H2,1-4H3,(H,24,25)/t18-/m0/s1. The molecule has 1 aromatic heterocycles. The first-order chi connectivity index (χ1) is 13.9. The van der Waals surface area contributed by atoms with Crippen LogP contribution in [0.5, 0.6) is 0 Å². The summed E-state index contributed by atoms with van der Waals surface area (Å²) >= 11 is 1.40. The zero-order valence-electron chi connectivity index (χ0n) is 17.5. The summed E-state index contributed by atoms with van der Waals surface area (Å²) < 4.78 is 10.8. The second-order valence-electron chi connectivity index (χ2n) is 7.74. The number of rotatable bonds is 7. The molecule has 1 amide bonds. The maximum atomic E-state index is 12.8. The summed E-state index contributed by atoms with van der Waals surface area (Å²) in [5, 5.41) is 3.44. The van der Waals surface area contributed by atoms with Gasteiger partial charge in [-0.2, -0.15) is 0 Å². The minimum absolute atomic E-state index is 0.201. The molecule has 3 rings (SSSR count). The molecule has 1 atom stereocenters. The molecule has 1 fully saturated rings. The van der Waals surface area contributed by atoms with E-state index < -0.39 is 12.1 Å². The van der Waals surface area contributed by atoms with Gasteiger partial charge in [0.25, 0.3) is 5.91 Å². The molecule has 0 saturated carbocycles. The van der Waals surface area contributed by atoms with Crippen LogP contribution in [0.2, 0.25) is 0 Å². The van der Waals surface area contributed by atoms with Gasteiger partial charge in [0.15, 0.2) is 0 Å². The van der Waals surface area contributed by atoms with Crippen LogP contribution >= 0.6 is 11.3 Å². The van der Waals surface area contributed by atoms with E-state index in [1.807, 2.05) is 19.1 Å².